The third-order valence-corrected chi connectivity index (χ3v) is 3.90. The molecule has 1 aromatic rings. The first-order valence-electron chi connectivity index (χ1n) is 6.72. The Balaban J connectivity index is 2.01. The maximum atomic E-state index is 12.4. The van der Waals surface area contributed by atoms with Crippen molar-refractivity contribution in [3.05, 3.63) is 35.9 Å². The Kier molecular flexibility index (Phi) is 4.37. The number of hydrogen-bond donors (Lipinski definition) is 1. The van der Waals surface area contributed by atoms with Crippen LogP contribution < -0.4 is 5.32 Å². The summed E-state index contributed by atoms with van der Waals surface area (Å²) in [6.07, 6.45) is 1.93. The molecule has 0 bridgehead atoms. The van der Waals surface area contributed by atoms with E-state index >= 15 is 0 Å². The lowest BCUT2D eigenvalue weighted by atomic mass is 9.95. The first-order chi connectivity index (χ1) is 8.70. The van der Waals surface area contributed by atoms with Gasteiger partial charge >= 0.3 is 0 Å². The van der Waals surface area contributed by atoms with Crippen molar-refractivity contribution >= 4 is 5.91 Å². The number of carbonyl (C=O) groups is 1. The molecule has 1 aliphatic heterocycles. The zero-order valence-corrected chi connectivity index (χ0v) is 11.2. The molecular formula is C15H22N2O. The van der Waals surface area contributed by atoms with E-state index in [1.165, 1.54) is 5.56 Å². The highest BCUT2D eigenvalue weighted by Crippen LogP contribution is 2.23. The van der Waals surface area contributed by atoms with Gasteiger partial charge in [0, 0.05) is 13.0 Å². The second kappa shape index (κ2) is 6.01. The van der Waals surface area contributed by atoms with Crippen molar-refractivity contribution in [3.63, 3.8) is 0 Å². The largest absolute Gasteiger partial charge is 0.339 e. The molecule has 0 aromatic heterocycles. The highest BCUT2D eigenvalue weighted by Gasteiger charge is 2.26. The molecule has 3 heteroatoms. The van der Waals surface area contributed by atoms with Crippen molar-refractivity contribution in [2.45, 2.75) is 25.8 Å². The highest BCUT2D eigenvalue weighted by atomic mass is 16.2. The van der Waals surface area contributed by atoms with Gasteiger partial charge in [-0.15, -0.1) is 0 Å². The average Bonchev–Trinajstić information content (AvgIpc) is 2.47. The summed E-state index contributed by atoms with van der Waals surface area (Å²) in [7, 11) is 1.92. The van der Waals surface area contributed by atoms with Gasteiger partial charge in [0.25, 0.3) is 0 Å². The molecule has 0 spiro atoms. The summed E-state index contributed by atoms with van der Waals surface area (Å²) in [5.74, 6) is 0.482. The lowest BCUT2D eigenvalue weighted by molar-refractivity contribution is -0.137. The summed E-state index contributed by atoms with van der Waals surface area (Å²) >= 11 is 0. The minimum atomic E-state index is 0.147. The number of hydrogen-bond acceptors (Lipinski definition) is 2. The van der Waals surface area contributed by atoms with E-state index in [2.05, 4.69) is 24.4 Å². The summed E-state index contributed by atoms with van der Waals surface area (Å²) in [6.45, 7) is 4.02. The molecule has 1 fully saturated rings. The predicted molar refractivity (Wildman–Crippen MR) is 73.2 cm³/mol. The van der Waals surface area contributed by atoms with E-state index in [1.54, 1.807) is 0 Å². The van der Waals surface area contributed by atoms with E-state index in [-0.39, 0.29) is 17.9 Å². The molecule has 1 amide bonds. The Bertz CT molecular complexity index is 385. The quantitative estimate of drug-likeness (QED) is 0.887. The van der Waals surface area contributed by atoms with Crippen molar-refractivity contribution < 1.29 is 4.79 Å². The van der Waals surface area contributed by atoms with Crippen LogP contribution in [0.4, 0.5) is 0 Å². The Labute approximate surface area is 109 Å². The lowest BCUT2D eigenvalue weighted by Crippen LogP contribution is -2.40. The zero-order valence-electron chi connectivity index (χ0n) is 11.2. The molecule has 1 atom stereocenters. The maximum Gasteiger partial charge on any atom is 0.226 e. The van der Waals surface area contributed by atoms with Gasteiger partial charge in [-0.2, -0.15) is 0 Å². The van der Waals surface area contributed by atoms with Gasteiger partial charge in [0.15, 0.2) is 0 Å². The van der Waals surface area contributed by atoms with E-state index < -0.39 is 0 Å². The van der Waals surface area contributed by atoms with Gasteiger partial charge in [0.1, 0.15) is 0 Å². The predicted octanol–water partition coefficient (Wildman–Crippen LogP) is 2.21. The summed E-state index contributed by atoms with van der Waals surface area (Å²) in [5.41, 5.74) is 1.20. The first kappa shape index (κ1) is 13.1. The molecular weight excluding hydrogens is 224 g/mol. The molecule has 18 heavy (non-hydrogen) atoms. The number of rotatable bonds is 3. The highest BCUT2D eigenvalue weighted by molar-refractivity contribution is 5.79. The summed E-state index contributed by atoms with van der Waals surface area (Å²) in [6, 6.07) is 10.4. The molecule has 0 radical (unpaired) electrons. The Morgan fingerprint density at radius 2 is 1.89 bits per heavy atom. The van der Waals surface area contributed by atoms with Crippen LogP contribution in [0.2, 0.25) is 0 Å². The van der Waals surface area contributed by atoms with Crippen LogP contribution in [-0.2, 0) is 4.79 Å². The number of piperidine rings is 1. The van der Waals surface area contributed by atoms with Crippen molar-refractivity contribution in [1.29, 1.82) is 0 Å². The second-order valence-electron chi connectivity index (χ2n) is 5.06. The molecule has 1 unspecified atom stereocenters. The Hall–Kier alpha value is -1.35. The standard InChI is InChI=1S/C15H22N2O/c1-12(13-6-4-3-5-7-13)17(2)15(18)14-8-10-16-11-9-14/h3-7,12,14,16H,8-11H2,1-2H3. The lowest BCUT2D eigenvalue weighted by Gasteiger charge is -2.31. The fourth-order valence-corrected chi connectivity index (χ4v) is 2.50. The van der Waals surface area contributed by atoms with Crippen molar-refractivity contribution in [1.82, 2.24) is 10.2 Å². The van der Waals surface area contributed by atoms with E-state index in [1.807, 2.05) is 30.1 Å². The van der Waals surface area contributed by atoms with Crippen LogP contribution >= 0.6 is 0 Å². The molecule has 0 aliphatic carbocycles. The van der Waals surface area contributed by atoms with Gasteiger partial charge in [0.2, 0.25) is 5.91 Å². The summed E-state index contributed by atoms with van der Waals surface area (Å²) in [5, 5.41) is 3.30. The van der Waals surface area contributed by atoms with Crippen molar-refractivity contribution in [2.24, 2.45) is 5.92 Å². The van der Waals surface area contributed by atoms with Gasteiger partial charge < -0.3 is 10.2 Å². The monoisotopic (exact) mass is 246 g/mol. The number of benzene rings is 1. The normalized spacial score (nSPS) is 18.3. The summed E-state index contributed by atoms with van der Waals surface area (Å²) < 4.78 is 0. The van der Waals surface area contributed by atoms with Crippen LogP contribution in [-0.4, -0.2) is 30.9 Å². The molecule has 0 saturated carbocycles. The minimum Gasteiger partial charge on any atom is -0.339 e. The van der Waals surface area contributed by atoms with E-state index in [0.717, 1.165) is 25.9 Å². The molecule has 1 heterocycles. The number of nitrogens with one attached hydrogen (secondary N) is 1. The molecule has 1 N–H and O–H groups in total. The Morgan fingerprint density at radius 1 is 1.28 bits per heavy atom. The van der Waals surface area contributed by atoms with Crippen LogP contribution in [0.15, 0.2) is 30.3 Å². The second-order valence-corrected chi connectivity index (χ2v) is 5.06. The fraction of sp³-hybridized carbons (Fsp3) is 0.533. The molecule has 2 rings (SSSR count). The van der Waals surface area contributed by atoms with Crippen LogP contribution in [0.25, 0.3) is 0 Å². The van der Waals surface area contributed by atoms with Crippen LogP contribution in [0.1, 0.15) is 31.4 Å². The smallest absolute Gasteiger partial charge is 0.226 e. The zero-order chi connectivity index (χ0) is 13.0. The first-order valence-corrected chi connectivity index (χ1v) is 6.72. The summed E-state index contributed by atoms with van der Waals surface area (Å²) in [4.78, 5) is 14.3. The topological polar surface area (TPSA) is 32.3 Å². The number of nitrogens with zero attached hydrogens (tertiary/aromatic N) is 1. The van der Waals surface area contributed by atoms with E-state index in [4.69, 9.17) is 0 Å². The molecule has 1 aromatic carbocycles. The third kappa shape index (κ3) is 2.91. The minimum absolute atomic E-state index is 0.147. The average molecular weight is 246 g/mol. The fourth-order valence-electron chi connectivity index (χ4n) is 2.50. The van der Waals surface area contributed by atoms with E-state index in [0.29, 0.717) is 0 Å². The van der Waals surface area contributed by atoms with Crippen molar-refractivity contribution in [3.8, 4) is 0 Å². The number of amides is 1. The Morgan fingerprint density at radius 3 is 2.50 bits per heavy atom. The van der Waals surface area contributed by atoms with Gasteiger partial charge in [-0.1, -0.05) is 30.3 Å². The molecule has 3 nitrogen and oxygen atoms in total. The van der Waals surface area contributed by atoms with Gasteiger partial charge in [-0.25, -0.2) is 0 Å². The van der Waals surface area contributed by atoms with Gasteiger partial charge in [-0.05, 0) is 38.4 Å². The van der Waals surface area contributed by atoms with Gasteiger partial charge in [-0.3, -0.25) is 4.79 Å². The van der Waals surface area contributed by atoms with Gasteiger partial charge in [0.05, 0.1) is 6.04 Å². The molecule has 1 saturated heterocycles. The van der Waals surface area contributed by atoms with Crippen molar-refractivity contribution in [2.75, 3.05) is 20.1 Å². The third-order valence-electron chi connectivity index (χ3n) is 3.90. The van der Waals surface area contributed by atoms with Crippen LogP contribution in [0.5, 0.6) is 0 Å². The molecule has 98 valence electrons. The van der Waals surface area contributed by atoms with Crippen LogP contribution in [0.3, 0.4) is 0 Å². The maximum absolute atomic E-state index is 12.4. The van der Waals surface area contributed by atoms with Crippen LogP contribution in [0, 0.1) is 5.92 Å². The number of carbonyl (C=O) groups excluding carboxylic acids is 1. The molecule has 1 aliphatic rings. The SMILES string of the molecule is CC(c1ccccc1)N(C)C(=O)C1CCNCC1. The van der Waals surface area contributed by atoms with E-state index in [9.17, 15) is 4.79 Å².